The van der Waals surface area contributed by atoms with E-state index in [9.17, 15) is 14.9 Å². The minimum atomic E-state index is -0.574. The van der Waals surface area contributed by atoms with Crippen molar-refractivity contribution in [3.8, 4) is 0 Å². The lowest BCUT2D eigenvalue weighted by molar-refractivity contribution is -0.384. The Morgan fingerprint density at radius 3 is 2.57 bits per heavy atom. The number of aromatic nitrogens is 1. The number of nitro benzene ring substituents is 1. The number of halogens is 2. The zero-order valence-corrected chi connectivity index (χ0v) is 17.5. The number of benzene rings is 2. The maximum Gasteiger partial charge on any atom is 0.288 e. The van der Waals surface area contributed by atoms with Gasteiger partial charge in [0.05, 0.1) is 11.5 Å². The molecule has 8 heteroatoms. The van der Waals surface area contributed by atoms with Crippen LogP contribution in [0.25, 0.3) is 0 Å². The van der Waals surface area contributed by atoms with Gasteiger partial charge in [0, 0.05) is 41.1 Å². The molecule has 1 fully saturated rings. The molecule has 1 amide bonds. The lowest BCUT2D eigenvalue weighted by Gasteiger charge is -2.23. The molecule has 4 rings (SSSR count). The molecule has 1 aliphatic rings. The Hall–Kier alpha value is -2.83. The van der Waals surface area contributed by atoms with Gasteiger partial charge in [0.2, 0.25) is 0 Å². The zero-order valence-electron chi connectivity index (χ0n) is 16.0. The molecule has 0 spiro atoms. The summed E-state index contributed by atoms with van der Waals surface area (Å²) in [6.07, 6.45) is 3.81. The maximum atomic E-state index is 13.2. The van der Waals surface area contributed by atoms with Crippen molar-refractivity contribution in [1.29, 1.82) is 0 Å². The van der Waals surface area contributed by atoms with Gasteiger partial charge in [0.25, 0.3) is 11.6 Å². The van der Waals surface area contributed by atoms with Gasteiger partial charge in [-0.25, -0.2) is 0 Å². The van der Waals surface area contributed by atoms with Crippen LogP contribution in [0.5, 0.6) is 0 Å². The molecule has 1 heterocycles. The molecule has 0 bridgehead atoms. The third-order valence-electron chi connectivity index (χ3n) is 5.19. The van der Waals surface area contributed by atoms with Crippen molar-refractivity contribution in [3.05, 3.63) is 97.8 Å². The molecule has 3 aromatic rings. The summed E-state index contributed by atoms with van der Waals surface area (Å²) in [5.74, 6) is -0.234. The molecule has 0 radical (unpaired) electrons. The highest BCUT2D eigenvalue weighted by molar-refractivity contribution is 6.32. The van der Waals surface area contributed by atoms with Crippen molar-refractivity contribution in [3.63, 3.8) is 0 Å². The van der Waals surface area contributed by atoms with E-state index in [1.165, 1.54) is 18.2 Å². The summed E-state index contributed by atoms with van der Waals surface area (Å²) in [7, 11) is 0. The van der Waals surface area contributed by atoms with Crippen LogP contribution in [0.2, 0.25) is 10.0 Å². The highest BCUT2D eigenvalue weighted by atomic mass is 35.5. The Morgan fingerprint density at radius 1 is 1.10 bits per heavy atom. The van der Waals surface area contributed by atoms with Gasteiger partial charge in [-0.05, 0) is 48.7 Å². The van der Waals surface area contributed by atoms with E-state index in [1.807, 2.05) is 42.6 Å². The average Bonchev–Trinajstić information content (AvgIpc) is 3.47. The molecule has 0 aliphatic heterocycles. The van der Waals surface area contributed by atoms with E-state index in [1.54, 1.807) is 4.90 Å². The summed E-state index contributed by atoms with van der Waals surface area (Å²) in [6, 6.07) is 15.9. The molecule has 6 nitrogen and oxygen atoms in total. The fraction of sp³-hybridized carbons (Fsp3) is 0.227. The van der Waals surface area contributed by atoms with Crippen LogP contribution in [0.1, 0.15) is 34.5 Å². The number of amides is 1. The van der Waals surface area contributed by atoms with Crippen molar-refractivity contribution < 1.29 is 9.72 Å². The smallest absolute Gasteiger partial charge is 0.288 e. The van der Waals surface area contributed by atoms with Crippen molar-refractivity contribution in [2.24, 2.45) is 0 Å². The molecule has 0 saturated heterocycles. The van der Waals surface area contributed by atoms with Crippen LogP contribution < -0.4 is 0 Å². The van der Waals surface area contributed by atoms with Crippen LogP contribution in [0, 0.1) is 10.1 Å². The summed E-state index contributed by atoms with van der Waals surface area (Å²) in [4.78, 5) is 25.6. The van der Waals surface area contributed by atoms with Crippen LogP contribution in [0.15, 0.2) is 60.8 Å². The SMILES string of the molecule is O=C(c1ccc(Cl)c([N+](=O)[O-])c1)N(Cc1cccn1Cc1ccccc1Cl)C1CC1. The van der Waals surface area contributed by atoms with Gasteiger partial charge in [-0.15, -0.1) is 0 Å². The lowest BCUT2D eigenvalue weighted by Crippen LogP contribution is -2.33. The molecule has 1 saturated carbocycles. The first-order valence-electron chi connectivity index (χ1n) is 9.56. The van der Waals surface area contributed by atoms with Crippen molar-refractivity contribution in [2.75, 3.05) is 0 Å². The quantitative estimate of drug-likeness (QED) is 0.354. The molecule has 1 aliphatic carbocycles. The number of hydrogen-bond donors (Lipinski definition) is 0. The van der Waals surface area contributed by atoms with E-state index in [2.05, 4.69) is 4.57 Å². The van der Waals surface area contributed by atoms with E-state index in [4.69, 9.17) is 23.2 Å². The van der Waals surface area contributed by atoms with E-state index in [0.717, 1.165) is 24.1 Å². The Bertz CT molecular complexity index is 1110. The first kappa shape index (κ1) is 20.4. The Morgan fingerprint density at radius 2 is 1.87 bits per heavy atom. The van der Waals surface area contributed by atoms with Crippen LogP contribution >= 0.6 is 23.2 Å². The van der Waals surface area contributed by atoms with Crippen LogP contribution in [0.4, 0.5) is 5.69 Å². The van der Waals surface area contributed by atoms with Crippen LogP contribution in [-0.4, -0.2) is 26.3 Å². The molecular formula is C22H19Cl2N3O3. The molecule has 2 aromatic carbocycles. The van der Waals surface area contributed by atoms with Gasteiger partial charge in [-0.2, -0.15) is 0 Å². The summed E-state index contributed by atoms with van der Waals surface area (Å²) in [6.45, 7) is 1.01. The largest absolute Gasteiger partial charge is 0.345 e. The normalized spacial score (nSPS) is 13.3. The third-order valence-corrected chi connectivity index (χ3v) is 5.88. The summed E-state index contributed by atoms with van der Waals surface area (Å²) >= 11 is 12.2. The Kier molecular flexibility index (Phi) is 5.79. The third kappa shape index (κ3) is 4.35. The van der Waals surface area contributed by atoms with Gasteiger partial charge in [0.15, 0.2) is 0 Å². The fourth-order valence-electron chi connectivity index (χ4n) is 3.44. The highest BCUT2D eigenvalue weighted by Crippen LogP contribution is 2.32. The minimum absolute atomic E-state index is 0.0168. The van der Waals surface area contributed by atoms with Crippen LogP contribution in [0.3, 0.4) is 0 Å². The summed E-state index contributed by atoms with van der Waals surface area (Å²) < 4.78 is 2.06. The van der Waals surface area contributed by atoms with Gasteiger partial charge < -0.3 is 9.47 Å². The van der Waals surface area contributed by atoms with Gasteiger partial charge >= 0.3 is 0 Å². The molecule has 154 valence electrons. The Balaban J connectivity index is 1.58. The van der Waals surface area contributed by atoms with Crippen molar-refractivity contribution in [1.82, 2.24) is 9.47 Å². The second-order valence-corrected chi connectivity index (χ2v) is 8.12. The number of carbonyl (C=O) groups excluding carboxylic acids is 1. The number of rotatable bonds is 7. The van der Waals surface area contributed by atoms with Crippen molar-refractivity contribution in [2.45, 2.75) is 32.0 Å². The van der Waals surface area contributed by atoms with Gasteiger partial charge in [-0.3, -0.25) is 14.9 Å². The monoisotopic (exact) mass is 443 g/mol. The first-order chi connectivity index (χ1) is 14.4. The number of nitrogens with zero attached hydrogens (tertiary/aromatic N) is 3. The molecule has 0 atom stereocenters. The van der Waals surface area contributed by atoms with E-state index < -0.39 is 4.92 Å². The second-order valence-electron chi connectivity index (χ2n) is 7.31. The van der Waals surface area contributed by atoms with Crippen LogP contribution in [-0.2, 0) is 13.1 Å². The highest BCUT2D eigenvalue weighted by Gasteiger charge is 2.34. The fourth-order valence-corrected chi connectivity index (χ4v) is 3.82. The zero-order chi connectivity index (χ0) is 21.3. The molecule has 30 heavy (non-hydrogen) atoms. The first-order valence-corrected chi connectivity index (χ1v) is 10.3. The van der Waals surface area contributed by atoms with E-state index in [-0.39, 0.29) is 28.2 Å². The van der Waals surface area contributed by atoms with Gasteiger partial charge in [0.1, 0.15) is 5.02 Å². The van der Waals surface area contributed by atoms with E-state index in [0.29, 0.717) is 18.1 Å². The van der Waals surface area contributed by atoms with Crippen molar-refractivity contribution >= 4 is 34.8 Å². The predicted molar refractivity (Wildman–Crippen MR) is 116 cm³/mol. The number of nitro groups is 1. The second kappa shape index (κ2) is 8.50. The number of carbonyl (C=O) groups is 1. The topological polar surface area (TPSA) is 68.4 Å². The molecule has 1 aromatic heterocycles. The maximum absolute atomic E-state index is 13.2. The lowest BCUT2D eigenvalue weighted by atomic mass is 10.1. The molecule has 0 unspecified atom stereocenters. The summed E-state index contributed by atoms with van der Waals surface area (Å²) in [5.41, 5.74) is 1.97. The molecular weight excluding hydrogens is 425 g/mol. The van der Waals surface area contributed by atoms with Gasteiger partial charge in [-0.1, -0.05) is 41.4 Å². The average molecular weight is 444 g/mol. The Labute approximate surface area is 183 Å². The predicted octanol–water partition coefficient (Wildman–Crippen LogP) is 5.56. The molecule has 0 N–H and O–H groups in total. The number of hydrogen-bond acceptors (Lipinski definition) is 3. The minimum Gasteiger partial charge on any atom is -0.345 e. The summed E-state index contributed by atoms with van der Waals surface area (Å²) in [5, 5.41) is 11.9. The standard InChI is InChI=1S/C22H19Cl2N3O3/c23-19-6-2-1-4-16(19)13-25-11-3-5-18(25)14-26(17-8-9-17)22(28)15-7-10-20(24)21(12-15)27(29)30/h1-7,10-12,17H,8-9,13-14H2. The van der Waals surface area contributed by atoms with E-state index >= 15 is 0 Å².